The number of ether oxygens (including phenoxy) is 1. The van der Waals surface area contributed by atoms with Crippen molar-refractivity contribution in [1.82, 2.24) is 9.80 Å². The van der Waals surface area contributed by atoms with E-state index in [0.29, 0.717) is 28.8 Å². The van der Waals surface area contributed by atoms with E-state index < -0.39 is 11.9 Å². The molecule has 2 heterocycles. The monoisotopic (exact) mass is 575 g/mol. The van der Waals surface area contributed by atoms with E-state index in [9.17, 15) is 14.0 Å². The van der Waals surface area contributed by atoms with Crippen molar-refractivity contribution >= 4 is 46.2 Å². The number of piperazine rings is 1. The topological polar surface area (TPSA) is 68.4 Å². The van der Waals surface area contributed by atoms with Crippen LogP contribution in [0.25, 0.3) is 0 Å². The summed E-state index contributed by atoms with van der Waals surface area (Å²) in [5, 5.41) is 3.20. The molecular formula is C31H34FN5O3S. The maximum Gasteiger partial charge on any atom is 0.256 e. The van der Waals surface area contributed by atoms with Crippen LogP contribution in [-0.4, -0.2) is 79.1 Å². The van der Waals surface area contributed by atoms with Crippen molar-refractivity contribution in [3.63, 3.8) is 0 Å². The predicted octanol–water partition coefficient (Wildman–Crippen LogP) is 4.38. The van der Waals surface area contributed by atoms with Crippen LogP contribution in [0.1, 0.15) is 12.8 Å². The summed E-state index contributed by atoms with van der Waals surface area (Å²) in [6.07, 6.45) is 0.727. The van der Waals surface area contributed by atoms with Crippen molar-refractivity contribution in [2.24, 2.45) is 0 Å². The quantitative estimate of drug-likeness (QED) is 0.360. The number of anilines is 3. The van der Waals surface area contributed by atoms with Crippen LogP contribution in [0.5, 0.6) is 5.75 Å². The van der Waals surface area contributed by atoms with Gasteiger partial charge in [0.1, 0.15) is 17.6 Å². The lowest BCUT2D eigenvalue weighted by Gasteiger charge is -2.36. The molecule has 0 spiro atoms. The lowest BCUT2D eigenvalue weighted by atomic mass is 10.1. The normalized spacial score (nSPS) is 17.7. The summed E-state index contributed by atoms with van der Waals surface area (Å²) in [7, 11) is 1.58. The molecule has 5 rings (SSSR count). The summed E-state index contributed by atoms with van der Waals surface area (Å²) < 4.78 is 18.8. The first kappa shape index (κ1) is 28.5. The molecule has 41 heavy (non-hydrogen) atoms. The van der Waals surface area contributed by atoms with Crippen LogP contribution in [0.15, 0.2) is 78.9 Å². The first-order valence-electron chi connectivity index (χ1n) is 13.8. The number of hydrogen-bond acceptors (Lipinski definition) is 6. The second kappa shape index (κ2) is 13.1. The van der Waals surface area contributed by atoms with Gasteiger partial charge in [0, 0.05) is 44.1 Å². The molecule has 0 radical (unpaired) electrons. The maximum atomic E-state index is 13.6. The average molecular weight is 576 g/mol. The van der Waals surface area contributed by atoms with Crippen molar-refractivity contribution in [3.05, 3.63) is 84.7 Å². The second-order valence-corrected chi connectivity index (χ2v) is 10.5. The van der Waals surface area contributed by atoms with Crippen molar-refractivity contribution in [2.45, 2.75) is 18.9 Å². The molecule has 2 aliphatic rings. The largest absolute Gasteiger partial charge is 0.497 e. The molecule has 3 aromatic carbocycles. The number of halogens is 1. The van der Waals surface area contributed by atoms with E-state index in [2.05, 4.69) is 39.4 Å². The van der Waals surface area contributed by atoms with Gasteiger partial charge >= 0.3 is 0 Å². The zero-order valence-electron chi connectivity index (χ0n) is 23.0. The van der Waals surface area contributed by atoms with Gasteiger partial charge in [0.15, 0.2) is 5.11 Å². The van der Waals surface area contributed by atoms with Gasteiger partial charge in [-0.05, 0) is 85.8 Å². The molecule has 0 aliphatic carbocycles. The Labute approximate surface area is 245 Å². The molecule has 214 valence electrons. The van der Waals surface area contributed by atoms with Gasteiger partial charge in [-0.25, -0.2) is 4.39 Å². The number of thiocarbonyl (C=S) groups is 1. The molecule has 3 aromatic rings. The number of carbonyl (C=O) groups excluding carboxylic acids is 2. The summed E-state index contributed by atoms with van der Waals surface area (Å²) in [5.74, 6) is -0.296. The second-order valence-electron chi connectivity index (χ2n) is 10.1. The summed E-state index contributed by atoms with van der Waals surface area (Å²) in [6.45, 7) is 5.20. The highest BCUT2D eigenvalue weighted by Gasteiger charge is 2.44. The third kappa shape index (κ3) is 6.83. The van der Waals surface area contributed by atoms with E-state index in [0.717, 1.165) is 39.1 Å². The third-order valence-electron chi connectivity index (χ3n) is 7.52. The number of nitrogens with one attached hydrogen (secondary N) is 1. The van der Waals surface area contributed by atoms with E-state index in [1.54, 1.807) is 31.4 Å². The smallest absolute Gasteiger partial charge is 0.256 e. The van der Waals surface area contributed by atoms with Crippen molar-refractivity contribution in [1.29, 1.82) is 0 Å². The van der Waals surface area contributed by atoms with Gasteiger partial charge in [0.25, 0.3) is 5.91 Å². The number of amides is 2. The van der Waals surface area contributed by atoms with Gasteiger partial charge in [-0.15, -0.1) is 0 Å². The molecule has 0 bridgehead atoms. The minimum atomic E-state index is -0.749. The zero-order valence-corrected chi connectivity index (χ0v) is 23.9. The number of para-hydroxylation sites is 1. The van der Waals surface area contributed by atoms with E-state index in [1.165, 1.54) is 34.9 Å². The van der Waals surface area contributed by atoms with E-state index in [-0.39, 0.29) is 18.2 Å². The van der Waals surface area contributed by atoms with Crippen LogP contribution < -0.4 is 19.9 Å². The standard InChI is InChI=1S/C31H34FN5O3S/c1-40-27-14-10-24(11-15-27)33-29(38)22-28-30(39)37(26-12-8-23(32)9-13-26)31(41)36(28)17-5-16-34-18-20-35(21-19-34)25-6-3-2-4-7-25/h2-4,6-15,28H,5,16-22H2,1H3,(H,33,38). The molecule has 2 aliphatic heterocycles. The van der Waals surface area contributed by atoms with Crippen molar-refractivity contribution < 1.29 is 18.7 Å². The Morgan fingerprint density at radius 1 is 0.927 bits per heavy atom. The fourth-order valence-corrected chi connectivity index (χ4v) is 5.72. The molecule has 0 saturated carbocycles. The molecule has 2 fully saturated rings. The van der Waals surface area contributed by atoms with Crippen LogP contribution in [0.3, 0.4) is 0 Å². The van der Waals surface area contributed by atoms with Gasteiger partial charge in [0.05, 0.1) is 19.2 Å². The first-order valence-corrected chi connectivity index (χ1v) is 14.2. The minimum absolute atomic E-state index is 0.0571. The van der Waals surface area contributed by atoms with E-state index >= 15 is 0 Å². The lowest BCUT2D eigenvalue weighted by Crippen LogP contribution is -2.47. The number of methoxy groups -OCH3 is 1. The molecule has 2 saturated heterocycles. The third-order valence-corrected chi connectivity index (χ3v) is 7.94. The molecule has 1 atom stereocenters. The summed E-state index contributed by atoms with van der Waals surface area (Å²) >= 11 is 5.75. The number of nitrogens with zero attached hydrogens (tertiary/aromatic N) is 4. The van der Waals surface area contributed by atoms with E-state index in [1.807, 2.05) is 11.0 Å². The summed E-state index contributed by atoms with van der Waals surface area (Å²) in [5.41, 5.74) is 2.34. The Balaban J connectivity index is 1.22. The predicted molar refractivity (Wildman–Crippen MR) is 163 cm³/mol. The van der Waals surface area contributed by atoms with Crippen LogP contribution in [-0.2, 0) is 9.59 Å². The van der Waals surface area contributed by atoms with Gasteiger partial charge in [-0.1, -0.05) is 18.2 Å². The molecule has 1 N–H and O–H groups in total. The van der Waals surface area contributed by atoms with Crippen LogP contribution in [0.4, 0.5) is 21.5 Å². The lowest BCUT2D eigenvalue weighted by molar-refractivity contribution is -0.124. The number of benzene rings is 3. The fourth-order valence-electron chi connectivity index (χ4n) is 5.31. The van der Waals surface area contributed by atoms with Crippen LogP contribution in [0.2, 0.25) is 0 Å². The Bertz CT molecular complexity index is 1350. The Morgan fingerprint density at radius 3 is 2.27 bits per heavy atom. The average Bonchev–Trinajstić information content (AvgIpc) is 3.22. The van der Waals surface area contributed by atoms with E-state index in [4.69, 9.17) is 17.0 Å². The Hall–Kier alpha value is -4.02. The highest BCUT2D eigenvalue weighted by atomic mass is 32.1. The van der Waals surface area contributed by atoms with Gasteiger partial charge in [-0.3, -0.25) is 19.4 Å². The summed E-state index contributed by atoms with van der Waals surface area (Å²) in [4.78, 5) is 34.7. The fraction of sp³-hybridized carbons (Fsp3) is 0.323. The molecule has 1 unspecified atom stereocenters. The number of hydrogen-bond donors (Lipinski definition) is 1. The molecular weight excluding hydrogens is 541 g/mol. The SMILES string of the molecule is COc1ccc(NC(=O)CC2C(=O)N(c3ccc(F)cc3)C(=S)N2CCCN2CCN(c3ccccc3)CC2)cc1. The highest BCUT2D eigenvalue weighted by Crippen LogP contribution is 2.28. The van der Waals surface area contributed by atoms with Gasteiger partial charge in [-0.2, -0.15) is 0 Å². The summed E-state index contributed by atoms with van der Waals surface area (Å²) in [6, 6.07) is 22.3. The number of carbonyl (C=O) groups is 2. The highest BCUT2D eigenvalue weighted by molar-refractivity contribution is 7.80. The van der Waals surface area contributed by atoms with Gasteiger partial charge < -0.3 is 19.9 Å². The first-order chi connectivity index (χ1) is 19.9. The van der Waals surface area contributed by atoms with Crippen molar-refractivity contribution in [2.75, 3.05) is 61.5 Å². The molecule has 10 heteroatoms. The molecule has 0 aromatic heterocycles. The Kier molecular flexibility index (Phi) is 9.11. The number of rotatable bonds is 10. The molecule has 8 nitrogen and oxygen atoms in total. The van der Waals surface area contributed by atoms with Gasteiger partial charge in [0.2, 0.25) is 5.91 Å². The van der Waals surface area contributed by atoms with Crippen molar-refractivity contribution in [3.8, 4) is 5.75 Å². The van der Waals surface area contributed by atoms with Crippen LogP contribution in [0, 0.1) is 5.82 Å². The maximum absolute atomic E-state index is 13.6. The van der Waals surface area contributed by atoms with Crippen LogP contribution >= 0.6 is 12.2 Å². The minimum Gasteiger partial charge on any atom is -0.497 e. The Morgan fingerprint density at radius 2 is 1.61 bits per heavy atom. The zero-order chi connectivity index (χ0) is 28.8. The molecule has 2 amide bonds.